The zero-order valence-corrected chi connectivity index (χ0v) is 14.0. The first-order chi connectivity index (χ1) is 10.6. The van der Waals surface area contributed by atoms with Crippen LogP contribution in [-0.4, -0.2) is 48.3 Å². The number of hydrogen-bond acceptors (Lipinski definition) is 5. The van der Waals surface area contributed by atoms with Crippen LogP contribution >= 0.6 is 0 Å². The van der Waals surface area contributed by atoms with E-state index < -0.39 is 41.8 Å². The molecule has 0 fully saturated rings. The fourth-order valence-electron chi connectivity index (χ4n) is 1.72. The standard InChI is InChI=1S/C14H27N5O4/c1-5-7(2)11(14(23)18-8(3)12(16)21)19-13(22)9(4)17-10(20)6-15/h7-9,11H,5-6,15H2,1-4H3,(H2,16,21)(H,17,20)(H,18,23)(H,19,22)/t7-,8-,9-,11-/m0/s1. The summed E-state index contributed by atoms with van der Waals surface area (Å²) in [7, 11) is 0. The molecule has 0 aromatic heterocycles. The molecule has 0 aliphatic heterocycles. The fraction of sp³-hybridized carbons (Fsp3) is 0.714. The van der Waals surface area contributed by atoms with Gasteiger partial charge in [-0.3, -0.25) is 19.2 Å². The lowest BCUT2D eigenvalue weighted by molar-refractivity contribution is -0.133. The topological polar surface area (TPSA) is 156 Å². The first-order valence-electron chi connectivity index (χ1n) is 7.53. The van der Waals surface area contributed by atoms with Gasteiger partial charge in [-0.25, -0.2) is 0 Å². The molecule has 23 heavy (non-hydrogen) atoms. The molecule has 0 radical (unpaired) electrons. The van der Waals surface area contributed by atoms with Crippen LogP contribution in [-0.2, 0) is 19.2 Å². The van der Waals surface area contributed by atoms with E-state index in [2.05, 4.69) is 16.0 Å². The number of carbonyl (C=O) groups is 4. The Morgan fingerprint density at radius 2 is 1.48 bits per heavy atom. The maximum absolute atomic E-state index is 12.3. The van der Waals surface area contributed by atoms with Crippen molar-refractivity contribution in [1.82, 2.24) is 16.0 Å². The number of primary amides is 1. The van der Waals surface area contributed by atoms with Gasteiger partial charge in [0, 0.05) is 0 Å². The van der Waals surface area contributed by atoms with Crippen LogP contribution in [0.4, 0.5) is 0 Å². The number of amides is 4. The second kappa shape index (κ2) is 9.78. The van der Waals surface area contributed by atoms with E-state index in [-0.39, 0.29) is 12.5 Å². The molecule has 9 nitrogen and oxygen atoms in total. The Morgan fingerprint density at radius 1 is 0.913 bits per heavy atom. The quantitative estimate of drug-likeness (QED) is 0.330. The Kier molecular flexibility index (Phi) is 8.86. The fourth-order valence-corrected chi connectivity index (χ4v) is 1.72. The highest BCUT2D eigenvalue weighted by Crippen LogP contribution is 2.08. The van der Waals surface area contributed by atoms with E-state index in [1.807, 2.05) is 6.92 Å². The molecule has 7 N–H and O–H groups in total. The Labute approximate surface area is 135 Å². The third kappa shape index (κ3) is 7.09. The Morgan fingerprint density at radius 3 is 1.91 bits per heavy atom. The second-order valence-electron chi connectivity index (χ2n) is 5.50. The maximum atomic E-state index is 12.3. The summed E-state index contributed by atoms with van der Waals surface area (Å²) in [4.78, 5) is 46.6. The summed E-state index contributed by atoms with van der Waals surface area (Å²) in [5.74, 6) is -2.33. The largest absolute Gasteiger partial charge is 0.368 e. The van der Waals surface area contributed by atoms with Crippen LogP contribution in [0.1, 0.15) is 34.1 Å². The van der Waals surface area contributed by atoms with Crippen molar-refractivity contribution in [1.29, 1.82) is 0 Å². The van der Waals surface area contributed by atoms with Crippen LogP contribution in [0.25, 0.3) is 0 Å². The van der Waals surface area contributed by atoms with Crippen LogP contribution in [0.3, 0.4) is 0 Å². The van der Waals surface area contributed by atoms with Gasteiger partial charge in [0.15, 0.2) is 0 Å². The molecule has 0 aromatic rings. The lowest BCUT2D eigenvalue weighted by Crippen LogP contribution is -2.57. The molecule has 0 aliphatic carbocycles. The van der Waals surface area contributed by atoms with Crippen molar-refractivity contribution < 1.29 is 19.2 Å². The Bertz CT molecular complexity index is 454. The summed E-state index contributed by atoms with van der Waals surface area (Å²) in [6, 6.07) is -2.52. The minimum Gasteiger partial charge on any atom is -0.368 e. The molecular formula is C14H27N5O4. The van der Waals surface area contributed by atoms with Crippen molar-refractivity contribution >= 4 is 23.6 Å². The van der Waals surface area contributed by atoms with E-state index in [1.165, 1.54) is 13.8 Å². The lowest BCUT2D eigenvalue weighted by Gasteiger charge is -2.26. The minimum atomic E-state index is -0.847. The van der Waals surface area contributed by atoms with Crippen molar-refractivity contribution in [3.05, 3.63) is 0 Å². The predicted molar refractivity (Wildman–Crippen MR) is 84.8 cm³/mol. The van der Waals surface area contributed by atoms with Gasteiger partial charge in [-0.1, -0.05) is 20.3 Å². The highest BCUT2D eigenvalue weighted by molar-refractivity contribution is 5.94. The summed E-state index contributed by atoms with van der Waals surface area (Å²) in [6.45, 7) is 6.38. The summed E-state index contributed by atoms with van der Waals surface area (Å²) < 4.78 is 0. The normalized spacial score (nSPS) is 15.7. The molecule has 0 aromatic carbocycles. The molecule has 132 valence electrons. The average molecular weight is 329 g/mol. The van der Waals surface area contributed by atoms with Crippen molar-refractivity contribution in [3.63, 3.8) is 0 Å². The molecule has 4 atom stereocenters. The van der Waals surface area contributed by atoms with Crippen molar-refractivity contribution in [2.24, 2.45) is 17.4 Å². The maximum Gasteiger partial charge on any atom is 0.243 e. The Balaban J connectivity index is 4.91. The summed E-state index contributed by atoms with van der Waals surface area (Å²) in [5.41, 5.74) is 10.3. The van der Waals surface area contributed by atoms with E-state index in [0.29, 0.717) is 6.42 Å². The van der Waals surface area contributed by atoms with Crippen molar-refractivity contribution in [2.45, 2.75) is 52.2 Å². The lowest BCUT2D eigenvalue weighted by atomic mass is 9.97. The number of carbonyl (C=O) groups excluding carboxylic acids is 4. The van der Waals surface area contributed by atoms with Crippen molar-refractivity contribution in [3.8, 4) is 0 Å². The van der Waals surface area contributed by atoms with E-state index in [9.17, 15) is 19.2 Å². The highest BCUT2D eigenvalue weighted by atomic mass is 16.2. The van der Waals surface area contributed by atoms with Gasteiger partial charge in [0.2, 0.25) is 23.6 Å². The average Bonchev–Trinajstić information content (AvgIpc) is 2.50. The molecule has 0 heterocycles. The van der Waals surface area contributed by atoms with Gasteiger partial charge >= 0.3 is 0 Å². The van der Waals surface area contributed by atoms with Gasteiger partial charge in [0.1, 0.15) is 18.1 Å². The Hall–Kier alpha value is -2.16. The second-order valence-corrected chi connectivity index (χ2v) is 5.50. The molecule has 0 saturated heterocycles. The zero-order chi connectivity index (χ0) is 18.2. The van der Waals surface area contributed by atoms with Gasteiger partial charge in [-0.2, -0.15) is 0 Å². The van der Waals surface area contributed by atoms with Gasteiger partial charge in [0.05, 0.1) is 6.54 Å². The molecule has 0 bridgehead atoms. The number of hydrogen-bond donors (Lipinski definition) is 5. The predicted octanol–water partition coefficient (Wildman–Crippen LogP) is -2.03. The summed E-state index contributed by atoms with van der Waals surface area (Å²) in [5, 5.41) is 7.45. The van der Waals surface area contributed by atoms with Crippen LogP contribution < -0.4 is 27.4 Å². The van der Waals surface area contributed by atoms with E-state index >= 15 is 0 Å². The van der Waals surface area contributed by atoms with E-state index in [1.54, 1.807) is 6.92 Å². The minimum absolute atomic E-state index is 0.170. The van der Waals surface area contributed by atoms with E-state index in [0.717, 1.165) is 0 Å². The van der Waals surface area contributed by atoms with Crippen LogP contribution in [0.5, 0.6) is 0 Å². The van der Waals surface area contributed by atoms with Crippen LogP contribution in [0, 0.1) is 5.92 Å². The first kappa shape index (κ1) is 20.8. The molecule has 0 spiro atoms. The monoisotopic (exact) mass is 329 g/mol. The molecule has 0 unspecified atom stereocenters. The zero-order valence-electron chi connectivity index (χ0n) is 14.0. The molecule has 9 heteroatoms. The van der Waals surface area contributed by atoms with Gasteiger partial charge in [-0.15, -0.1) is 0 Å². The first-order valence-corrected chi connectivity index (χ1v) is 7.53. The third-order valence-corrected chi connectivity index (χ3v) is 3.53. The number of rotatable bonds is 9. The van der Waals surface area contributed by atoms with Crippen LogP contribution in [0.2, 0.25) is 0 Å². The number of nitrogens with two attached hydrogens (primary N) is 2. The molecular weight excluding hydrogens is 302 g/mol. The number of nitrogens with one attached hydrogen (secondary N) is 3. The van der Waals surface area contributed by atoms with E-state index in [4.69, 9.17) is 11.5 Å². The van der Waals surface area contributed by atoms with Gasteiger partial charge in [-0.05, 0) is 19.8 Å². The highest BCUT2D eigenvalue weighted by Gasteiger charge is 2.29. The molecule has 4 amide bonds. The molecule has 0 rings (SSSR count). The van der Waals surface area contributed by atoms with Crippen molar-refractivity contribution in [2.75, 3.05) is 6.54 Å². The summed E-state index contributed by atoms with van der Waals surface area (Å²) >= 11 is 0. The summed E-state index contributed by atoms with van der Waals surface area (Å²) in [6.07, 6.45) is 0.632. The SMILES string of the molecule is CC[C@H](C)[C@H](NC(=O)[C@H](C)NC(=O)CN)C(=O)N[C@@H](C)C(N)=O. The third-order valence-electron chi connectivity index (χ3n) is 3.53. The van der Waals surface area contributed by atoms with Gasteiger partial charge in [0.25, 0.3) is 0 Å². The molecule has 0 aliphatic rings. The smallest absolute Gasteiger partial charge is 0.243 e. The molecule has 0 saturated carbocycles. The van der Waals surface area contributed by atoms with Crippen LogP contribution in [0.15, 0.2) is 0 Å². The van der Waals surface area contributed by atoms with Gasteiger partial charge < -0.3 is 27.4 Å².